The molecule has 2 heterocycles. The number of halogens is 5. The van der Waals surface area contributed by atoms with Crippen LogP contribution in [0, 0.1) is 0 Å². The number of nitrogens with zero attached hydrogens (tertiary/aromatic N) is 2. The summed E-state index contributed by atoms with van der Waals surface area (Å²) in [7, 11) is -5.75. The summed E-state index contributed by atoms with van der Waals surface area (Å²) in [5, 5.41) is 11.0. The van der Waals surface area contributed by atoms with E-state index < -0.39 is 34.0 Å². The van der Waals surface area contributed by atoms with Gasteiger partial charge in [-0.2, -0.15) is 21.6 Å². The van der Waals surface area contributed by atoms with Crippen molar-refractivity contribution >= 4 is 55.1 Å². The predicted octanol–water partition coefficient (Wildman–Crippen LogP) is 5.35. The SMILES string of the molecule is CCc1nc(Cl)c(C(=O)NCC(=O)O)n1Cc1c2ccocc-2c(Br)c1-c1ccccc1NS(=O)(=O)C(F)(F)F. The lowest BCUT2D eigenvalue weighted by Gasteiger charge is -2.17. The number of carboxylic acid groups (broad SMARTS) is 1. The largest absolute Gasteiger partial charge is 0.516 e. The molecule has 0 radical (unpaired) electrons. The number of nitrogens with one attached hydrogen (secondary N) is 2. The van der Waals surface area contributed by atoms with Gasteiger partial charge in [-0.05, 0) is 39.2 Å². The van der Waals surface area contributed by atoms with Gasteiger partial charge in [-0.15, -0.1) is 0 Å². The van der Waals surface area contributed by atoms with Crippen molar-refractivity contribution in [3.8, 4) is 22.3 Å². The normalized spacial score (nSPS) is 12.1. The smallest absolute Gasteiger partial charge is 0.480 e. The number of hydrogen-bond acceptors (Lipinski definition) is 6. The molecule has 1 aromatic carbocycles. The van der Waals surface area contributed by atoms with E-state index in [4.69, 9.17) is 21.1 Å². The van der Waals surface area contributed by atoms with Crippen LogP contribution in [0.1, 0.15) is 28.8 Å². The van der Waals surface area contributed by atoms with Gasteiger partial charge in [0.15, 0.2) is 5.15 Å². The van der Waals surface area contributed by atoms with Crippen LogP contribution in [0.25, 0.3) is 22.3 Å². The average molecular weight is 664 g/mol. The van der Waals surface area contributed by atoms with Crippen LogP contribution in [-0.4, -0.2) is 47.0 Å². The number of aryl methyl sites for hydroxylation is 1. The van der Waals surface area contributed by atoms with Gasteiger partial charge in [-0.3, -0.25) is 14.3 Å². The van der Waals surface area contributed by atoms with Gasteiger partial charge in [-0.25, -0.2) is 4.98 Å². The summed E-state index contributed by atoms with van der Waals surface area (Å²) in [6.45, 7) is 0.987. The lowest BCUT2D eigenvalue weighted by atomic mass is 10.0. The highest BCUT2D eigenvalue weighted by molar-refractivity contribution is 9.10. The molecule has 0 fully saturated rings. The maximum absolute atomic E-state index is 13.2. The molecule has 16 heteroatoms. The second-order valence-corrected chi connectivity index (χ2v) is 11.2. The number of aliphatic carboxylic acids is 1. The molecule has 1 amide bonds. The molecule has 0 bridgehead atoms. The minimum absolute atomic E-state index is 0.0967. The van der Waals surface area contributed by atoms with Gasteiger partial charge in [0, 0.05) is 27.6 Å². The maximum atomic E-state index is 13.2. The number of alkyl halides is 3. The number of benzene rings is 1. The highest BCUT2D eigenvalue weighted by atomic mass is 79.9. The van der Waals surface area contributed by atoms with Crippen LogP contribution in [0.3, 0.4) is 0 Å². The Bertz CT molecular complexity index is 1690. The van der Waals surface area contributed by atoms with Gasteiger partial charge in [0.2, 0.25) is 0 Å². The van der Waals surface area contributed by atoms with Crippen molar-refractivity contribution in [2.45, 2.75) is 25.4 Å². The molecule has 1 aromatic heterocycles. The summed E-state index contributed by atoms with van der Waals surface area (Å²) >= 11 is 9.76. The first-order chi connectivity index (χ1) is 18.8. The van der Waals surface area contributed by atoms with Crippen molar-refractivity contribution in [3.05, 3.63) is 69.6 Å². The van der Waals surface area contributed by atoms with Crippen molar-refractivity contribution in [1.29, 1.82) is 0 Å². The number of carboxylic acids is 1. The zero-order chi connectivity index (χ0) is 29.4. The molecule has 3 N–H and O–H groups in total. The Morgan fingerprint density at radius 2 is 1.88 bits per heavy atom. The first kappa shape index (κ1) is 29.4. The number of imidazole rings is 1. The van der Waals surface area contributed by atoms with E-state index in [1.54, 1.807) is 17.7 Å². The zero-order valence-corrected chi connectivity index (χ0v) is 23.5. The van der Waals surface area contributed by atoms with Crippen molar-refractivity contribution in [3.63, 3.8) is 0 Å². The van der Waals surface area contributed by atoms with Crippen molar-refractivity contribution in [1.82, 2.24) is 14.9 Å². The quantitative estimate of drug-likeness (QED) is 0.219. The molecule has 1 aliphatic heterocycles. The molecule has 0 saturated carbocycles. The lowest BCUT2D eigenvalue weighted by molar-refractivity contribution is -0.135. The number of sulfonamides is 1. The van der Waals surface area contributed by atoms with Crippen LogP contribution >= 0.6 is 27.5 Å². The fraction of sp³-hybridized carbons (Fsp3) is 0.208. The van der Waals surface area contributed by atoms with E-state index in [1.165, 1.54) is 41.4 Å². The Hall–Kier alpha value is -3.56. The molecule has 1 aliphatic carbocycles. The van der Waals surface area contributed by atoms with Crippen LogP contribution < -0.4 is 10.0 Å². The fourth-order valence-electron chi connectivity index (χ4n) is 4.16. The molecular weight excluding hydrogens is 645 g/mol. The maximum Gasteiger partial charge on any atom is 0.516 e. The second-order valence-electron chi connectivity index (χ2n) is 8.33. The van der Waals surface area contributed by atoms with Gasteiger partial charge in [0.1, 0.15) is 18.1 Å². The number of aromatic nitrogens is 2. The third kappa shape index (κ3) is 5.53. The summed E-state index contributed by atoms with van der Waals surface area (Å²) in [5.41, 5.74) is -4.04. The van der Waals surface area contributed by atoms with Crippen molar-refractivity contribution in [2.75, 3.05) is 11.3 Å². The van der Waals surface area contributed by atoms with Crippen LogP contribution in [0.15, 0.2) is 51.7 Å². The highest BCUT2D eigenvalue weighted by Gasteiger charge is 2.46. The van der Waals surface area contributed by atoms with E-state index in [1.807, 2.05) is 0 Å². The molecule has 0 atom stereocenters. The summed E-state index contributed by atoms with van der Waals surface area (Å²) in [5.74, 6) is -1.71. The van der Waals surface area contributed by atoms with Gasteiger partial charge < -0.3 is 19.4 Å². The Labute approximate surface area is 238 Å². The third-order valence-corrected chi connectivity index (χ3v) is 8.05. The third-order valence-electron chi connectivity index (χ3n) is 5.87. The summed E-state index contributed by atoms with van der Waals surface area (Å²) < 4.78 is 72.4. The molecule has 0 saturated heterocycles. The Morgan fingerprint density at radius 3 is 2.52 bits per heavy atom. The van der Waals surface area contributed by atoms with E-state index in [2.05, 4.69) is 26.2 Å². The number of amides is 1. The first-order valence-corrected chi connectivity index (χ1v) is 14.0. The number of anilines is 1. The molecule has 4 rings (SSSR count). The predicted molar refractivity (Wildman–Crippen MR) is 143 cm³/mol. The number of fused-ring (bicyclic) bond motifs is 1. The fourth-order valence-corrected chi connectivity index (χ4v) is 5.79. The van der Waals surface area contributed by atoms with E-state index in [9.17, 15) is 31.2 Å². The van der Waals surface area contributed by atoms with Crippen LogP contribution in [-0.2, 0) is 27.8 Å². The molecule has 212 valence electrons. The van der Waals surface area contributed by atoms with Crippen LogP contribution in [0.4, 0.5) is 18.9 Å². The lowest BCUT2D eigenvalue weighted by Crippen LogP contribution is -2.31. The van der Waals surface area contributed by atoms with Crippen LogP contribution in [0.2, 0.25) is 5.15 Å². The van der Waals surface area contributed by atoms with Gasteiger partial charge >= 0.3 is 21.5 Å². The molecular formula is C24H19BrClF3N4O6S. The molecule has 10 nitrogen and oxygen atoms in total. The summed E-state index contributed by atoms with van der Waals surface area (Å²) in [6, 6.07) is 7.13. The van der Waals surface area contributed by atoms with Gasteiger partial charge in [0.05, 0.1) is 24.8 Å². The monoisotopic (exact) mass is 662 g/mol. The summed E-state index contributed by atoms with van der Waals surface area (Å²) in [6.07, 6.45) is 3.10. The molecule has 2 aromatic rings. The minimum atomic E-state index is -5.75. The Morgan fingerprint density at radius 1 is 1.18 bits per heavy atom. The molecule has 2 aliphatic rings. The number of hydrogen-bond donors (Lipinski definition) is 3. The van der Waals surface area contributed by atoms with Gasteiger partial charge in [-0.1, -0.05) is 36.7 Å². The second kappa shape index (κ2) is 11.1. The zero-order valence-electron chi connectivity index (χ0n) is 20.3. The molecule has 0 spiro atoms. The molecule has 0 unspecified atom stereocenters. The van der Waals surface area contributed by atoms with E-state index in [-0.39, 0.29) is 28.6 Å². The standard InChI is InChI=1S/C24H19BrClF3N4O6S/c1-2-17-31-22(26)21(23(36)30-9-18(34)35)33(17)10-14-12-7-8-39-11-15(12)20(25)19(14)13-5-3-4-6-16(13)32-40(37,38)24(27,28)29/h3-8,11,32H,2,9-10H2,1H3,(H,30,36)(H,34,35). The van der Waals surface area contributed by atoms with E-state index in [0.717, 1.165) is 0 Å². The van der Waals surface area contributed by atoms with E-state index in [0.29, 0.717) is 39.0 Å². The first-order valence-electron chi connectivity index (χ1n) is 11.4. The summed E-state index contributed by atoms with van der Waals surface area (Å²) in [4.78, 5) is 28.1. The average Bonchev–Trinajstić information content (AvgIpc) is 3.35. The van der Waals surface area contributed by atoms with Crippen LogP contribution in [0.5, 0.6) is 0 Å². The van der Waals surface area contributed by atoms with E-state index >= 15 is 0 Å². The minimum Gasteiger partial charge on any atom is -0.480 e. The van der Waals surface area contributed by atoms with Crippen molar-refractivity contribution < 1.29 is 40.7 Å². The Kier molecular flexibility index (Phi) is 8.19. The molecule has 40 heavy (non-hydrogen) atoms. The number of carbonyl (C=O) groups is 2. The number of para-hydroxylation sites is 1. The number of rotatable bonds is 9. The van der Waals surface area contributed by atoms with Crippen molar-refractivity contribution in [2.24, 2.45) is 0 Å². The Balaban J connectivity index is 1.93. The topological polar surface area (TPSA) is 144 Å². The number of carbonyl (C=O) groups excluding carboxylic acids is 1. The van der Waals surface area contributed by atoms with Gasteiger partial charge in [0.25, 0.3) is 5.91 Å². The highest BCUT2D eigenvalue weighted by Crippen LogP contribution is 2.48.